The highest BCUT2D eigenvalue weighted by Crippen LogP contribution is 2.28. The smallest absolute Gasteiger partial charge is 0.351 e. The van der Waals surface area contributed by atoms with Crippen molar-refractivity contribution in [2.24, 2.45) is 0 Å². The van der Waals surface area contributed by atoms with E-state index in [2.05, 4.69) is 27.3 Å². The van der Waals surface area contributed by atoms with Crippen molar-refractivity contribution in [3.63, 3.8) is 0 Å². The standard InChI is InChI=1S/C22H28FN5O2S/c1-26-10-12-27(13-11-26)28-19-5-3-2-4-18(19)21(25-22(28)30)31-15-20(29)24-14-16-6-8-17(23)9-7-16/h6-9H,2-5,10-15H2,1H3,(H,24,29). The first kappa shape index (κ1) is 21.8. The van der Waals surface area contributed by atoms with Gasteiger partial charge in [0.05, 0.1) is 11.4 Å². The van der Waals surface area contributed by atoms with Crippen molar-refractivity contribution in [2.75, 3.05) is 44.0 Å². The lowest BCUT2D eigenvalue weighted by atomic mass is 9.97. The van der Waals surface area contributed by atoms with Gasteiger partial charge in [0.1, 0.15) is 10.8 Å². The average molecular weight is 446 g/mol. The number of aromatic nitrogens is 2. The van der Waals surface area contributed by atoms with Crippen molar-refractivity contribution in [2.45, 2.75) is 37.3 Å². The number of nitrogens with one attached hydrogen (secondary N) is 1. The van der Waals surface area contributed by atoms with E-state index >= 15 is 0 Å². The Morgan fingerprint density at radius 2 is 1.84 bits per heavy atom. The summed E-state index contributed by atoms with van der Waals surface area (Å²) in [5.74, 6) is -0.241. The van der Waals surface area contributed by atoms with Crippen LogP contribution in [0.2, 0.25) is 0 Å². The van der Waals surface area contributed by atoms with Crippen LogP contribution >= 0.6 is 11.8 Å². The van der Waals surface area contributed by atoms with E-state index < -0.39 is 0 Å². The number of piperazine rings is 1. The van der Waals surface area contributed by atoms with Crippen molar-refractivity contribution >= 4 is 17.7 Å². The fraction of sp³-hybridized carbons (Fsp3) is 0.500. The summed E-state index contributed by atoms with van der Waals surface area (Å²) in [6.45, 7) is 3.81. The van der Waals surface area contributed by atoms with E-state index in [0.717, 1.165) is 68.7 Å². The molecule has 2 heterocycles. The molecule has 0 unspecified atom stereocenters. The molecule has 0 spiro atoms. The van der Waals surface area contributed by atoms with Crippen LogP contribution in [0.5, 0.6) is 0 Å². The van der Waals surface area contributed by atoms with Gasteiger partial charge in [0.2, 0.25) is 5.91 Å². The maximum atomic E-state index is 13.0. The van der Waals surface area contributed by atoms with E-state index in [1.807, 2.05) is 0 Å². The third-order valence-electron chi connectivity index (χ3n) is 5.84. The minimum Gasteiger partial charge on any atom is -0.351 e. The molecule has 1 N–H and O–H groups in total. The van der Waals surface area contributed by atoms with Crippen LogP contribution in [0, 0.1) is 5.82 Å². The lowest BCUT2D eigenvalue weighted by molar-refractivity contribution is -0.118. The molecule has 4 rings (SSSR count). The summed E-state index contributed by atoms with van der Waals surface area (Å²) < 4.78 is 14.8. The number of rotatable bonds is 6. The van der Waals surface area contributed by atoms with Crippen LogP contribution in [0.1, 0.15) is 29.7 Å². The Kier molecular flexibility index (Phi) is 6.92. The third kappa shape index (κ3) is 5.27. The van der Waals surface area contributed by atoms with Gasteiger partial charge in [-0.15, -0.1) is 0 Å². The second kappa shape index (κ2) is 9.82. The Balaban J connectivity index is 1.44. The Morgan fingerprint density at radius 1 is 1.13 bits per heavy atom. The van der Waals surface area contributed by atoms with E-state index in [9.17, 15) is 14.0 Å². The van der Waals surface area contributed by atoms with Crippen LogP contribution in [0.4, 0.5) is 4.39 Å². The quantitative estimate of drug-likeness (QED) is 0.538. The molecule has 2 aromatic rings. The Morgan fingerprint density at radius 3 is 2.58 bits per heavy atom. The number of nitrogens with zero attached hydrogens (tertiary/aromatic N) is 4. The number of fused-ring (bicyclic) bond motifs is 1. The van der Waals surface area contributed by atoms with Crippen LogP contribution in [0.15, 0.2) is 34.1 Å². The van der Waals surface area contributed by atoms with Gasteiger partial charge in [-0.1, -0.05) is 23.9 Å². The fourth-order valence-electron chi connectivity index (χ4n) is 4.07. The van der Waals surface area contributed by atoms with E-state index in [-0.39, 0.29) is 23.2 Å². The van der Waals surface area contributed by atoms with E-state index in [0.29, 0.717) is 11.6 Å². The predicted octanol–water partition coefficient (Wildman–Crippen LogP) is 1.55. The van der Waals surface area contributed by atoms with E-state index in [4.69, 9.17) is 0 Å². The minimum atomic E-state index is -0.298. The van der Waals surface area contributed by atoms with Crippen LogP contribution < -0.4 is 16.0 Å². The van der Waals surface area contributed by atoms with Crippen molar-refractivity contribution in [3.8, 4) is 0 Å². The average Bonchev–Trinajstić information content (AvgIpc) is 2.78. The zero-order valence-electron chi connectivity index (χ0n) is 17.8. The van der Waals surface area contributed by atoms with E-state index in [1.54, 1.807) is 16.8 Å². The molecule has 0 bridgehead atoms. The molecule has 0 atom stereocenters. The molecule has 1 aliphatic heterocycles. The number of thioether (sulfide) groups is 1. The molecule has 2 aliphatic rings. The molecule has 31 heavy (non-hydrogen) atoms. The molecule has 0 radical (unpaired) electrons. The summed E-state index contributed by atoms with van der Waals surface area (Å²) in [5, 5.41) is 5.64. The zero-order valence-corrected chi connectivity index (χ0v) is 18.6. The molecule has 7 nitrogen and oxygen atoms in total. The van der Waals surface area contributed by atoms with Crippen molar-refractivity contribution in [1.29, 1.82) is 0 Å². The second-order valence-corrected chi connectivity index (χ2v) is 9.06. The number of carbonyl (C=O) groups is 1. The summed E-state index contributed by atoms with van der Waals surface area (Å²) in [7, 11) is 2.09. The first-order valence-corrected chi connectivity index (χ1v) is 11.7. The third-order valence-corrected chi connectivity index (χ3v) is 6.85. The number of benzene rings is 1. The highest BCUT2D eigenvalue weighted by atomic mass is 32.2. The summed E-state index contributed by atoms with van der Waals surface area (Å²) in [6, 6.07) is 6.06. The molecular weight excluding hydrogens is 417 g/mol. The van der Waals surface area contributed by atoms with Gasteiger partial charge in [-0.25, -0.2) is 13.9 Å². The van der Waals surface area contributed by atoms with Gasteiger partial charge >= 0.3 is 5.69 Å². The Bertz CT molecular complexity index is 987. The van der Waals surface area contributed by atoms with E-state index in [1.165, 1.54) is 23.9 Å². The van der Waals surface area contributed by atoms with Gasteiger partial charge in [0, 0.05) is 38.3 Å². The number of hydrogen-bond donors (Lipinski definition) is 1. The number of amides is 1. The molecule has 1 aromatic carbocycles. The summed E-state index contributed by atoms with van der Waals surface area (Å²) in [4.78, 5) is 31.9. The van der Waals surface area contributed by atoms with Gasteiger partial charge in [-0.05, 0) is 50.4 Å². The summed E-state index contributed by atoms with van der Waals surface area (Å²) >= 11 is 1.33. The second-order valence-electron chi connectivity index (χ2n) is 8.09. The SMILES string of the molecule is CN1CCN(n2c3c(c(SCC(=O)NCc4ccc(F)cc4)nc2=O)CCCC3)CC1. The monoisotopic (exact) mass is 445 g/mol. The topological polar surface area (TPSA) is 70.5 Å². The first-order chi connectivity index (χ1) is 15.0. The zero-order chi connectivity index (χ0) is 21.8. The van der Waals surface area contributed by atoms with Gasteiger partial charge < -0.3 is 15.2 Å². The van der Waals surface area contributed by atoms with Crippen LogP contribution in [0.25, 0.3) is 0 Å². The summed E-state index contributed by atoms with van der Waals surface area (Å²) in [6.07, 6.45) is 3.88. The van der Waals surface area contributed by atoms with Gasteiger partial charge in [0.15, 0.2) is 0 Å². The normalized spacial score (nSPS) is 16.8. The summed E-state index contributed by atoms with van der Waals surface area (Å²) in [5.41, 5.74) is 2.76. The number of carbonyl (C=O) groups excluding carboxylic acids is 1. The van der Waals surface area contributed by atoms with Gasteiger partial charge in [-0.3, -0.25) is 4.79 Å². The molecule has 9 heteroatoms. The lowest BCUT2D eigenvalue weighted by Gasteiger charge is -2.37. The van der Waals surface area contributed by atoms with Crippen molar-refractivity contribution in [3.05, 3.63) is 57.4 Å². The first-order valence-electron chi connectivity index (χ1n) is 10.7. The highest BCUT2D eigenvalue weighted by Gasteiger charge is 2.25. The minimum absolute atomic E-state index is 0.135. The molecule has 1 aliphatic carbocycles. The molecule has 0 saturated carbocycles. The maximum Gasteiger partial charge on any atom is 0.367 e. The number of halogens is 1. The molecule has 1 amide bonds. The van der Waals surface area contributed by atoms with Crippen LogP contribution in [-0.4, -0.2) is 59.4 Å². The van der Waals surface area contributed by atoms with Gasteiger partial charge in [0.25, 0.3) is 0 Å². The molecular formula is C22H28FN5O2S. The number of likely N-dealkylation sites (N-methyl/N-ethyl adjacent to an activating group) is 1. The molecule has 166 valence electrons. The fourth-order valence-corrected chi connectivity index (χ4v) is 4.97. The maximum absolute atomic E-state index is 13.0. The van der Waals surface area contributed by atoms with Crippen LogP contribution in [-0.2, 0) is 24.2 Å². The molecule has 1 saturated heterocycles. The molecule has 1 aromatic heterocycles. The Labute approximate surface area is 185 Å². The van der Waals surface area contributed by atoms with Crippen molar-refractivity contribution in [1.82, 2.24) is 19.9 Å². The van der Waals surface area contributed by atoms with Gasteiger partial charge in [-0.2, -0.15) is 4.98 Å². The molecule has 1 fully saturated rings. The number of hydrogen-bond acceptors (Lipinski definition) is 6. The van der Waals surface area contributed by atoms with Crippen LogP contribution in [0.3, 0.4) is 0 Å². The van der Waals surface area contributed by atoms with Crippen molar-refractivity contribution < 1.29 is 9.18 Å². The predicted molar refractivity (Wildman–Crippen MR) is 120 cm³/mol. The Hall–Kier alpha value is -2.39. The highest BCUT2D eigenvalue weighted by molar-refractivity contribution is 7.99. The largest absolute Gasteiger partial charge is 0.367 e. The lowest BCUT2D eigenvalue weighted by Crippen LogP contribution is -2.55.